The first-order valence-corrected chi connectivity index (χ1v) is 6.30. The summed E-state index contributed by atoms with van der Waals surface area (Å²) >= 11 is 0. The molecule has 0 radical (unpaired) electrons. The predicted molar refractivity (Wildman–Crippen MR) is 73.2 cm³/mol. The summed E-state index contributed by atoms with van der Waals surface area (Å²) in [5.74, 6) is -0.106. The van der Waals surface area contributed by atoms with Gasteiger partial charge in [-0.05, 0) is 6.92 Å². The zero-order valence-corrected chi connectivity index (χ0v) is 12.6. The monoisotopic (exact) mass is 283 g/mol. The van der Waals surface area contributed by atoms with E-state index in [0.717, 1.165) is 0 Å². The lowest BCUT2D eigenvalue weighted by Crippen LogP contribution is -2.08. The van der Waals surface area contributed by atoms with Gasteiger partial charge in [0.25, 0.3) is 6.47 Å². The molecule has 0 spiro atoms. The van der Waals surface area contributed by atoms with Crippen molar-refractivity contribution in [2.45, 2.75) is 40.9 Å². The average molecular weight is 283 g/mol. The molecule has 6 nitrogen and oxygen atoms in total. The van der Waals surface area contributed by atoms with E-state index in [0.29, 0.717) is 35.6 Å². The Balaban J connectivity index is 0.00000172. The lowest BCUT2D eigenvalue weighted by Gasteiger charge is -2.14. The minimum absolute atomic E-state index is 0.0144. The van der Waals surface area contributed by atoms with Crippen LogP contribution in [0, 0.1) is 6.92 Å². The van der Waals surface area contributed by atoms with Gasteiger partial charge in [-0.2, -0.15) is 0 Å². The van der Waals surface area contributed by atoms with Crippen LogP contribution in [0.2, 0.25) is 0 Å². The Hall–Kier alpha value is -1.95. The van der Waals surface area contributed by atoms with Crippen LogP contribution in [0.5, 0.6) is 5.75 Å². The van der Waals surface area contributed by atoms with Crippen molar-refractivity contribution < 1.29 is 23.8 Å². The third-order valence-corrected chi connectivity index (χ3v) is 2.29. The topological polar surface area (TPSA) is 74.7 Å². The minimum Gasteiger partial charge on any atom is -0.461 e. The smallest absolute Gasteiger partial charge is 0.302 e. The van der Waals surface area contributed by atoms with E-state index < -0.39 is 5.97 Å². The highest BCUT2D eigenvalue weighted by Gasteiger charge is 2.15. The zero-order valence-electron chi connectivity index (χ0n) is 12.6. The van der Waals surface area contributed by atoms with Gasteiger partial charge in [0.2, 0.25) is 0 Å². The molecule has 0 N–H and O–H groups in total. The van der Waals surface area contributed by atoms with Gasteiger partial charge in [-0.15, -0.1) is 0 Å². The van der Waals surface area contributed by atoms with Crippen molar-refractivity contribution in [2.24, 2.45) is 0 Å². The Morgan fingerprint density at radius 3 is 2.50 bits per heavy atom. The van der Waals surface area contributed by atoms with E-state index in [9.17, 15) is 9.59 Å². The summed E-state index contributed by atoms with van der Waals surface area (Å²) in [6, 6.07) is 0. The normalized spacial score (nSPS) is 9.25. The van der Waals surface area contributed by atoms with Gasteiger partial charge in [-0.1, -0.05) is 13.8 Å². The number of carbonyl (C=O) groups is 2. The Morgan fingerprint density at radius 1 is 1.35 bits per heavy atom. The van der Waals surface area contributed by atoms with Gasteiger partial charge in [-0.25, -0.2) is 0 Å². The number of aryl methyl sites for hydroxylation is 1. The van der Waals surface area contributed by atoms with E-state index >= 15 is 0 Å². The Morgan fingerprint density at radius 2 is 2.00 bits per heavy atom. The van der Waals surface area contributed by atoms with E-state index in [1.54, 1.807) is 13.1 Å². The van der Waals surface area contributed by atoms with Crippen LogP contribution in [0.25, 0.3) is 0 Å². The molecule has 1 rings (SSSR count). The predicted octanol–water partition coefficient (Wildman–Crippen LogP) is 2.16. The molecule has 1 aromatic heterocycles. The molecule has 0 amide bonds. The molecular formula is C14H21NO5. The van der Waals surface area contributed by atoms with Crippen molar-refractivity contribution >= 4 is 12.4 Å². The highest BCUT2D eigenvalue weighted by atomic mass is 16.5. The van der Waals surface area contributed by atoms with E-state index in [1.807, 2.05) is 13.8 Å². The molecule has 0 saturated heterocycles. The highest BCUT2D eigenvalue weighted by Crippen LogP contribution is 2.26. The van der Waals surface area contributed by atoms with Crippen LogP contribution in [0.3, 0.4) is 0 Å². The third-order valence-electron chi connectivity index (χ3n) is 2.29. The fourth-order valence-corrected chi connectivity index (χ4v) is 1.49. The number of hydrogen-bond acceptors (Lipinski definition) is 6. The van der Waals surface area contributed by atoms with Crippen LogP contribution < -0.4 is 4.74 Å². The molecule has 6 heteroatoms. The quantitative estimate of drug-likeness (QED) is 0.588. The molecular weight excluding hydrogens is 262 g/mol. The summed E-state index contributed by atoms with van der Waals surface area (Å²) in [7, 11) is 1.54. The maximum absolute atomic E-state index is 10.9. The molecule has 0 fully saturated rings. The number of nitrogens with zero attached hydrogens (tertiary/aromatic N) is 1. The molecule has 0 aliphatic carbocycles. The molecule has 0 aliphatic heterocycles. The second-order valence-corrected chi connectivity index (χ2v) is 3.60. The maximum atomic E-state index is 10.9. The Labute approximate surface area is 119 Å². The first-order chi connectivity index (χ1) is 9.60. The molecule has 0 saturated carbocycles. The van der Waals surface area contributed by atoms with Crippen LogP contribution >= 0.6 is 0 Å². The molecule has 0 aliphatic rings. The lowest BCUT2D eigenvalue weighted by atomic mass is 10.1. The van der Waals surface area contributed by atoms with Crippen LogP contribution in [0.15, 0.2) is 6.20 Å². The summed E-state index contributed by atoms with van der Waals surface area (Å²) in [4.78, 5) is 25.5. The molecule has 112 valence electrons. The molecule has 0 aromatic carbocycles. The number of ether oxygens (including phenoxy) is 3. The average Bonchev–Trinajstić information content (AvgIpc) is 2.44. The van der Waals surface area contributed by atoms with Crippen molar-refractivity contribution in [2.75, 3.05) is 7.11 Å². The van der Waals surface area contributed by atoms with Crippen LogP contribution in [0.1, 0.15) is 37.6 Å². The molecule has 0 atom stereocenters. The number of hydrogen-bond donors (Lipinski definition) is 0. The fourth-order valence-electron chi connectivity index (χ4n) is 1.49. The summed E-state index contributed by atoms with van der Waals surface area (Å²) in [6.45, 7) is 7.63. The van der Waals surface area contributed by atoms with Crippen molar-refractivity contribution in [1.29, 1.82) is 0 Å². The highest BCUT2D eigenvalue weighted by molar-refractivity contribution is 5.66. The summed E-state index contributed by atoms with van der Waals surface area (Å²) in [5, 5.41) is 0. The van der Waals surface area contributed by atoms with Gasteiger partial charge in [0.1, 0.15) is 6.61 Å². The summed E-state index contributed by atoms with van der Waals surface area (Å²) in [6.07, 6.45) is 1.61. The standard InChI is InChI=1S/C12H15NO5.C2H6/c1-8-12(18-7-14)11(6-17-9(2)15)10(4-13-8)5-16-3;1-2/h4,7H,5-6H2,1-3H3;1-2H3. The van der Waals surface area contributed by atoms with Crippen molar-refractivity contribution in [3.63, 3.8) is 0 Å². The lowest BCUT2D eigenvalue weighted by molar-refractivity contribution is -0.142. The molecule has 20 heavy (non-hydrogen) atoms. The number of carbonyl (C=O) groups excluding carboxylic acids is 2. The van der Waals surface area contributed by atoms with E-state index in [2.05, 4.69) is 4.98 Å². The summed E-state index contributed by atoms with van der Waals surface area (Å²) < 4.78 is 14.9. The first-order valence-electron chi connectivity index (χ1n) is 6.30. The Bertz CT molecular complexity index is 445. The number of pyridine rings is 1. The number of aromatic nitrogens is 1. The van der Waals surface area contributed by atoms with Crippen molar-refractivity contribution in [3.8, 4) is 5.75 Å². The SMILES string of the molecule is CC.COCc1cnc(C)c(OC=O)c1COC(C)=O. The van der Waals surface area contributed by atoms with Crippen molar-refractivity contribution in [3.05, 3.63) is 23.0 Å². The van der Waals surface area contributed by atoms with Gasteiger partial charge >= 0.3 is 5.97 Å². The van der Waals surface area contributed by atoms with Crippen LogP contribution in [-0.2, 0) is 32.3 Å². The van der Waals surface area contributed by atoms with Crippen molar-refractivity contribution in [1.82, 2.24) is 4.98 Å². The molecule has 0 bridgehead atoms. The minimum atomic E-state index is -0.412. The van der Waals surface area contributed by atoms with Gasteiger partial charge < -0.3 is 14.2 Å². The van der Waals surface area contributed by atoms with Crippen LogP contribution in [0.4, 0.5) is 0 Å². The zero-order chi connectivity index (χ0) is 15.5. The largest absolute Gasteiger partial charge is 0.461 e. The first kappa shape index (κ1) is 18.0. The maximum Gasteiger partial charge on any atom is 0.302 e. The van der Waals surface area contributed by atoms with Gasteiger partial charge in [-0.3, -0.25) is 14.6 Å². The number of methoxy groups -OCH3 is 1. The molecule has 1 heterocycles. The van der Waals surface area contributed by atoms with E-state index in [1.165, 1.54) is 14.0 Å². The van der Waals surface area contributed by atoms with Gasteiger partial charge in [0.05, 0.1) is 12.3 Å². The Kier molecular flexibility index (Phi) is 8.95. The number of rotatable bonds is 6. The molecule has 1 aromatic rings. The second-order valence-electron chi connectivity index (χ2n) is 3.60. The van der Waals surface area contributed by atoms with E-state index in [-0.39, 0.29) is 6.61 Å². The fraction of sp³-hybridized carbons (Fsp3) is 0.500. The van der Waals surface area contributed by atoms with Gasteiger partial charge in [0.15, 0.2) is 5.75 Å². The molecule has 0 unspecified atom stereocenters. The second kappa shape index (κ2) is 9.91. The van der Waals surface area contributed by atoms with E-state index in [4.69, 9.17) is 14.2 Å². The summed E-state index contributed by atoms with van der Waals surface area (Å²) in [5.41, 5.74) is 1.84. The van der Waals surface area contributed by atoms with Crippen LogP contribution in [-0.4, -0.2) is 24.5 Å². The third kappa shape index (κ3) is 5.36. The van der Waals surface area contributed by atoms with Gasteiger partial charge in [0, 0.05) is 31.4 Å². The number of esters is 1.